The largest absolute Gasteiger partial charge is 0.484 e. The third-order valence-corrected chi connectivity index (χ3v) is 4.06. The highest BCUT2D eigenvalue weighted by Crippen LogP contribution is 2.19. The molecule has 2 aromatic carbocycles. The Morgan fingerprint density at radius 3 is 2.67 bits per heavy atom. The van der Waals surface area contributed by atoms with Crippen molar-refractivity contribution in [2.75, 3.05) is 19.0 Å². The number of nitrogens with zero attached hydrogens (tertiary/aromatic N) is 1. The molecule has 7 nitrogen and oxygen atoms in total. The van der Waals surface area contributed by atoms with Crippen molar-refractivity contribution in [3.05, 3.63) is 71.3 Å². The first-order chi connectivity index (χ1) is 13.1. The first-order valence-electron chi connectivity index (χ1n) is 8.19. The van der Waals surface area contributed by atoms with E-state index in [0.29, 0.717) is 21.9 Å². The molecule has 0 aliphatic carbocycles. The van der Waals surface area contributed by atoms with Crippen molar-refractivity contribution < 1.29 is 14.3 Å². The second-order valence-electron chi connectivity index (χ2n) is 5.59. The molecule has 0 bridgehead atoms. The molecular weight excluding hydrogens is 364 g/mol. The molecule has 0 aliphatic heterocycles. The molecule has 0 saturated carbocycles. The second-order valence-corrected chi connectivity index (χ2v) is 5.98. The lowest BCUT2D eigenvalue weighted by Gasteiger charge is -2.10. The third kappa shape index (κ3) is 4.42. The van der Waals surface area contributed by atoms with Crippen LogP contribution in [0.2, 0.25) is 0 Å². The Hall–Kier alpha value is -3.39. The average molecular weight is 382 g/mol. The number of benzene rings is 2. The maximum Gasteiger partial charge on any atom is 0.274 e. The number of para-hydroxylation sites is 1. The first kappa shape index (κ1) is 18.4. The highest BCUT2D eigenvalue weighted by atomic mass is 32.1. The SMILES string of the molecule is CNC(=O)COc1cccc(NC(=O)c2c[nH]c(=S)n2-c2ccccc2)c1. The number of carbonyl (C=O) groups excluding carboxylic acids is 2. The predicted octanol–water partition coefficient (Wildman–Crippen LogP) is 2.91. The maximum absolute atomic E-state index is 12.7. The summed E-state index contributed by atoms with van der Waals surface area (Å²) in [5.41, 5.74) is 1.71. The van der Waals surface area contributed by atoms with Gasteiger partial charge >= 0.3 is 0 Å². The van der Waals surface area contributed by atoms with Gasteiger partial charge in [0.15, 0.2) is 11.4 Å². The second kappa shape index (κ2) is 8.33. The third-order valence-electron chi connectivity index (χ3n) is 3.76. The fourth-order valence-electron chi connectivity index (χ4n) is 2.45. The van der Waals surface area contributed by atoms with Crippen molar-refractivity contribution in [2.24, 2.45) is 0 Å². The summed E-state index contributed by atoms with van der Waals surface area (Å²) >= 11 is 5.30. The molecule has 27 heavy (non-hydrogen) atoms. The number of nitrogens with one attached hydrogen (secondary N) is 3. The molecule has 1 heterocycles. The molecular formula is C19H18N4O3S. The van der Waals surface area contributed by atoms with Crippen LogP contribution in [0.4, 0.5) is 5.69 Å². The highest BCUT2D eigenvalue weighted by Gasteiger charge is 2.15. The van der Waals surface area contributed by atoms with Crippen LogP contribution in [0, 0.1) is 4.77 Å². The normalized spacial score (nSPS) is 10.3. The van der Waals surface area contributed by atoms with E-state index in [1.54, 1.807) is 35.0 Å². The van der Waals surface area contributed by atoms with Crippen molar-refractivity contribution in [2.45, 2.75) is 0 Å². The van der Waals surface area contributed by atoms with Crippen LogP contribution in [0.1, 0.15) is 10.5 Å². The number of likely N-dealkylation sites (N-methyl/N-ethyl adjacent to an activating group) is 1. The zero-order valence-corrected chi connectivity index (χ0v) is 15.4. The zero-order valence-electron chi connectivity index (χ0n) is 14.6. The van der Waals surface area contributed by atoms with Crippen LogP contribution in [0.3, 0.4) is 0 Å². The maximum atomic E-state index is 12.7. The summed E-state index contributed by atoms with van der Waals surface area (Å²) in [5.74, 6) is -0.0846. The Balaban J connectivity index is 1.79. The summed E-state index contributed by atoms with van der Waals surface area (Å²) < 4.78 is 7.48. The van der Waals surface area contributed by atoms with Gasteiger partial charge in [-0.05, 0) is 36.5 Å². The lowest BCUT2D eigenvalue weighted by molar-refractivity contribution is -0.122. The summed E-state index contributed by atoms with van der Waals surface area (Å²) in [7, 11) is 1.54. The van der Waals surface area contributed by atoms with Gasteiger partial charge in [0.1, 0.15) is 11.4 Å². The topological polar surface area (TPSA) is 88.2 Å². The Labute approximate surface area is 161 Å². The minimum Gasteiger partial charge on any atom is -0.484 e. The van der Waals surface area contributed by atoms with Gasteiger partial charge in [0.05, 0.1) is 0 Å². The molecule has 0 fully saturated rings. The van der Waals surface area contributed by atoms with Gasteiger partial charge in [-0.15, -0.1) is 0 Å². The van der Waals surface area contributed by atoms with Gasteiger partial charge in [-0.25, -0.2) is 0 Å². The smallest absolute Gasteiger partial charge is 0.274 e. The van der Waals surface area contributed by atoms with Gasteiger partial charge in [0.2, 0.25) is 0 Å². The number of H-pyrrole nitrogens is 1. The van der Waals surface area contributed by atoms with Crippen molar-refractivity contribution in [3.8, 4) is 11.4 Å². The molecule has 2 amide bonds. The summed E-state index contributed by atoms with van der Waals surface area (Å²) in [4.78, 5) is 26.9. The van der Waals surface area contributed by atoms with E-state index in [2.05, 4.69) is 15.6 Å². The highest BCUT2D eigenvalue weighted by molar-refractivity contribution is 7.71. The van der Waals surface area contributed by atoms with Crippen LogP contribution in [0.5, 0.6) is 5.75 Å². The summed E-state index contributed by atoms with van der Waals surface area (Å²) in [6.07, 6.45) is 1.57. The Morgan fingerprint density at radius 2 is 1.93 bits per heavy atom. The van der Waals surface area contributed by atoms with E-state index in [9.17, 15) is 9.59 Å². The van der Waals surface area contributed by atoms with Gasteiger partial charge < -0.3 is 20.4 Å². The van der Waals surface area contributed by atoms with Crippen LogP contribution < -0.4 is 15.4 Å². The number of aromatic amines is 1. The molecule has 0 atom stereocenters. The molecule has 0 unspecified atom stereocenters. The molecule has 3 aromatic rings. The fourth-order valence-corrected chi connectivity index (χ4v) is 2.71. The number of ether oxygens (including phenoxy) is 1. The van der Waals surface area contributed by atoms with Crippen LogP contribution >= 0.6 is 12.2 Å². The molecule has 0 aliphatic rings. The predicted molar refractivity (Wildman–Crippen MR) is 105 cm³/mol. The van der Waals surface area contributed by atoms with Gasteiger partial charge in [-0.1, -0.05) is 24.3 Å². The number of aromatic nitrogens is 2. The number of carbonyl (C=O) groups is 2. The minimum absolute atomic E-state index is 0.0982. The molecule has 138 valence electrons. The van der Waals surface area contributed by atoms with Gasteiger partial charge in [0.25, 0.3) is 11.8 Å². The van der Waals surface area contributed by atoms with Gasteiger partial charge in [0, 0.05) is 30.7 Å². The average Bonchev–Trinajstić information content (AvgIpc) is 3.08. The van der Waals surface area contributed by atoms with Crippen molar-refractivity contribution in [3.63, 3.8) is 0 Å². The van der Waals surface area contributed by atoms with Crippen molar-refractivity contribution in [1.82, 2.24) is 14.9 Å². The number of hydrogen-bond donors (Lipinski definition) is 3. The van der Waals surface area contributed by atoms with Crippen molar-refractivity contribution in [1.29, 1.82) is 0 Å². The lowest BCUT2D eigenvalue weighted by atomic mass is 10.2. The number of anilines is 1. The van der Waals surface area contributed by atoms with E-state index in [4.69, 9.17) is 17.0 Å². The summed E-state index contributed by atoms with van der Waals surface area (Å²) in [6, 6.07) is 16.2. The molecule has 1 aromatic heterocycles. The fraction of sp³-hybridized carbons (Fsp3) is 0.105. The van der Waals surface area contributed by atoms with E-state index in [0.717, 1.165) is 5.69 Å². The standard InChI is InChI=1S/C19H18N4O3S/c1-20-17(24)12-26-15-9-5-6-13(10-15)22-18(25)16-11-21-19(27)23(16)14-7-3-2-4-8-14/h2-11H,12H2,1H3,(H,20,24)(H,21,27)(H,22,25). The minimum atomic E-state index is -0.324. The summed E-state index contributed by atoms with van der Waals surface area (Å²) in [6.45, 7) is -0.0982. The lowest BCUT2D eigenvalue weighted by Crippen LogP contribution is -2.24. The van der Waals surface area contributed by atoms with E-state index < -0.39 is 0 Å². The molecule has 0 saturated heterocycles. The van der Waals surface area contributed by atoms with Crippen molar-refractivity contribution >= 4 is 29.7 Å². The molecule has 8 heteroatoms. The van der Waals surface area contributed by atoms with Crippen LogP contribution in [-0.4, -0.2) is 35.0 Å². The number of imidazole rings is 1. The van der Waals surface area contributed by atoms with Crippen LogP contribution in [0.15, 0.2) is 60.8 Å². The van der Waals surface area contributed by atoms with Gasteiger partial charge in [-0.2, -0.15) is 0 Å². The van der Waals surface area contributed by atoms with E-state index in [-0.39, 0.29) is 18.4 Å². The zero-order chi connectivity index (χ0) is 19.2. The number of amides is 2. The number of rotatable bonds is 6. The van der Waals surface area contributed by atoms with E-state index >= 15 is 0 Å². The van der Waals surface area contributed by atoms with E-state index in [1.165, 1.54) is 7.05 Å². The first-order valence-corrected chi connectivity index (χ1v) is 8.60. The quantitative estimate of drug-likeness (QED) is 0.572. The summed E-state index contributed by atoms with van der Waals surface area (Å²) in [5, 5.41) is 5.29. The molecule has 0 radical (unpaired) electrons. The van der Waals surface area contributed by atoms with Crippen LogP contribution in [0.25, 0.3) is 5.69 Å². The monoisotopic (exact) mass is 382 g/mol. The Bertz CT molecular complexity index is 1010. The van der Waals surface area contributed by atoms with E-state index in [1.807, 2.05) is 30.3 Å². The molecule has 3 N–H and O–H groups in total. The van der Waals surface area contributed by atoms with Gasteiger partial charge in [-0.3, -0.25) is 14.2 Å². The molecule has 0 spiro atoms. The molecule has 3 rings (SSSR count). The van der Waals surface area contributed by atoms with Crippen LogP contribution in [-0.2, 0) is 4.79 Å². The number of hydrogen-bond acceptors (Lipinski definition) is 4. The Kier molecular flexibility index (Phi) is 5.68. The Morgan fingerprint density at radius 1 is 1.15 bits per heavy atom.